The van der Waals surface area contributed by atoms with Gasteiger partial charge in [-0.1, -0.05) is 12.1 Å². The van der Waals surface area contributed by atoms with E-state index in [1.165, 1.54) is 12.1 Å². The van der Waals surface area contributed by atoms with E-state index in [0.717, 1.165) is 12.1 Å². The van der Waals surface area contributed by atoms with Crippen LogP contribution >= 0.6 is 0 Å². The normalized spacial score (nSPS) is 11.2. The fourth-order valence-electron chi connectivity index (χ4n) is 1.47. The zero-order valence-corrected chi connectivity index (χ0v) is 10.1. The highest BCUT2D eigenvalue weighted by Crippen LogP contribution is 2.22. The molecule has 0 unspecified atom stereocenters. The lowest BCUT2D eigenvalue weighted by Gasteiger charge is -2.09. The van der Waals surface area contributed by atoms with Gasteiger partial charge in [0.25, 0.3) is 0 Å². The number of benzene rings is 1. The standard InChI is InChI=1S/C13H10F3NO3/c14-13(15,16)20-10-5-3-9(4-6-10)8-19-12(18)11-2-1-7-17-11/h1-7,17H,8H2. The average molecular weight is 285 g/mol. The molecule has 0 aliphatic carbocycles. The molecule has 4 nitrogen and oxygen atoms in total. The number of H-pyrrole nitrogens is 1. The van der Waals surface area contributed by atoms with Crippen molar-refractivity contribution in [1.82, 2.24) is 4.98 Å². The number of esters is 1. The quantitative estimate of drug-likeness (QED) is 0.877. The molecule has 2 aromatic rings. The summed E-state index contributed by atoms with van der Waals surface area (Å²) in [6.45, 7) is -0.0375. The SMILES string of the molecule is O=C(OCc1ccc(OC(F)(F)F)cc1)c1ccc[nH]1. The Bertz CT molecular complexity index is 562. The van der Waals surface area contributed by atoms with Crippen LogP contribution in [0.15, 0.2) is 42.6 Å². The van der Waals surface area contributed by atoms with Gasteiger partial charge in [-0.05, 0) is 29.8 Å². The predicted octanol–water partition coefficient (Wildman–Crippen LogP) is 3.27. The Balaban J connectivity index is 1.89. The Morgan fingerprint density at radius 1 is 1.15 bits per heavy atom. The first-order chi connectivity index (χ1) is 9.44. The molecule has 0 saturated heterocycles. The summed E-state index contributed by atoms with van der Waals surface area (Å²) in [6.07, 6.45) is -3.14. The Labute approximate surface area is 112 Å². The molecule has 20 heavy (non-hydrogen) atoms. The number of carbonyl (C=O) groups is 1. The van der Waals surface area contributed by atoms with Crippen LogP contribution in [-0.4, -0.2) is 17.3 Å². The molecular formula is C13H10F3NO3. The number of ether oxygens (including phenoxy) is 2. The number of carbonyl (C=O) groups excluding carboxylic acids is 1. The Hall–Kier alpha value is -2.44. The molecule has 1 heterocycles. The second kappa shape index (κ2) is 5.68. The van der Waals surface area contributed by atoms with E-state index in [1.54, 1.807) is 18.3 Å². The second-order valence-corrected chi connectivity index (χ2v) is 3.85. The molecule has 0 aliphatic rings. The van der Waals surface area contributed by atoms with Gasteiger partial charge >= 0.3 is 12.3 Å². The van der Waals surface area contributed by atoms with Crippen molar-refractivity contribution in [3.05, 3.63) is 53.9 Å². The fraction of sp³-hybridized carbons (Fsp3) is 0.154. The Kier molecular flexibility index (Phi) is 3.97. The Morgan fingerprint density at radius 2 is 1.85 bits per heavy atom. The first-order valence-electron chi connectivity index (χ1n) is 5.59. The van der Waals surface area contributed by atoms with Crippen molar-refractivity contribution in [2.45, 2.75) is 13.0 Å². The van der Waals surface area contributed by atoms with Crippen molar-refractivity contribution in [2.75, 3.05) is 0 Å². The molecule has 0 spiro atoms. The van der Waals surface area contributed by atoms with Crippen LogP contribution in [0.5, 0.6) is 5.75 Å². The van der Waals surface area contributed by atoms with Crippen molar-refractivity contribution >= 4 is 5.97 Å². The lowest BCUT2D eigenvalue weighted by atomic mass is 10.2. The third-order valence-electron chi connectivity index (χ3n) is 2.34. The first-order valence-corrected chi connectivity index (χ1v) is 5.59. The Morgan fingerprint density at radius 3 is 2.40 bits per heavy atom. The number of aromatic amines is 1. The van der Waals surface area contributed by atoms with Crippen LogP contribution in [0.3, 0.4) is 0 Å². The van der Waals surface area contributed by atoms with Crippen molar-refractivity contribution < 1.29 is 27.4 Å². The summed E-state index contributed by atoms with van der Waals surface area (Å²) in [5, 5.41) is 0. The first kappa shape index (κ1) is 14.0. The van der Waals surface area contributed by atoms with Gasteiger partial charge in [-0.25, -0.2) is 4.79 Å². The van der Waals surface area contributed by atoms with Gasteiger partial charge in [0.05, 0.1) is 0 Å². The summed E-state index contributed by atoms with van der Waals surface area (Å²) in [5.41, 5.74) is 0.862. The summed E-state index contributed by atoms with van der Waals surface area (Å²) >= 11 is 0. The lowest BCUT2D eigenvalue weighted by Crippen LogP contribution is -2.17. The van der Waals surface area contributed by atoms with Gasteiger partial charge in [0.15, 0.2) is 0 Å². The highest BCUT2D eigenvalue weighted by atomic mass is 19.4. The fourth-order valence-corrected chi connectivity index (χ4v) is 1.47. The van der Waals surface area contributed by atoms with Gasteiger partial charge in [-0.3, -0.25) is 0 Å². The molecule has 0 amide bonds. The van der Waals surface area contributed by atoms with E-state index >= 15 is 0 Å². The molecule has 1 aromatic heterocycles. The van der Waals surface area contributed by atoms with Crippen molar-refractivity contribution in [2.24, 2.45) is 0 Å². The van der Waals surface area contributed by atoms with E-state index in [1.807, 2.05) is 0 Å². The summed E-state index contributed by atoms with van der Waals surface area (Å²) in [5.74, 6) is -0.859. The van der Waals surface area contributed by atoms with E-state index in [0.29, 0.717) is 11.3 Å². The van der Waals surface area contributed by atoms with Crippen LogP contribution in [0.25, 0.3) is 0 Å². The molecule has 0 bridgehead atoms. The highest BCUT2D eigenvalue weighted by Gasteiger charge is 2.30. The van der Waals surface area contributed by atoms with Crippen LogP contribution in [0.2, 0.25) is 0 Å². The molecule has 1 N–H and O–H groups in total. The zero-order valence-electron chi connectivity index (χ0n) is 10.1. The average Bonchev–Trinajstić information content (AvgIpc) is 2.89. The molecule has 2 rings (SSSR count). The molecule has 0 atom stereocenters. The summed E-state index contributed by atoms with van der Waals surface area (Å²) in [4.78, 5) is 14.2. The second-order valence-electron chi connectivity index (χ2n) is 3.85. The number of aromatic nitrogens is 1. The number of alkyl halides is 3. The third kappa shape index (κ3) is 4.04. The van der Waals surface area contributed by atoms with Crippen molar-refractivity contribution in [3.8, 4) is 5.75 Å². The molecular weight excluding hydrogens is 275 g/mol. The number of halogens is 3. The lowest BCUT2D eigenvalue weighted by molar-refractivity contribution is -0.274. The molecule has 0 fully saturated rings. The van der Waals surface area contributed by atoms with Gasteiger partial charge in [0, 0.05) is 6.20 Å². The predicted molar refractivity (Wildman–Crippen MR) is 63.0 cm³/mol. The van der Waals surface area contributed by atoms with Gasteiger partial charge in [-0.2, -0.15) is 0 Å². The molecule has 0 radical (unpaired) electrons. The van der Waals surface area contributed by atoms with Crippen LogP contribution in [0.4, 0.5) is 13.2 Å². The maximum Gasteiger partial charge on any atom is 0.573 e. The van der Waals surface area contributed by atoms with Crippen LogP contribution < -0.4 is 4.74 Å². The number of hydrogen-bond acceptors (Lipinski definition) is 3. The minimum atomic E-state index is -4.72. The maximum absolute atomic E-state index is 12.0. The van der Waals surface area contributed by atoms with Gasteiger partial charge < -0.3 is 14.5 Å². The van der Waals surface area contributed by atoms with E-state index in [9.17, 15) is 18.0 Å². The van der Waals surface area contributed by atoms with Gasteiger partial charge in [0.1, 0.15) is 18.1 Å². The van der Waals surface area contributed by atoms with Crippen LogP contribution in [0, 0.1) is 0 Å². The zero-order chi connectivity index (χ0) is 14.6. The van der Waals surface area contributed by atoms with Gasteiger partial charge in [-0.15, -0.1) is 13.2 Å². The van der Waals surface area contributed by atoms with Crippen molar-refractivity contribution in [1.29, 1.82) is 0 Å². The molecule has 0 aliphatic heterocycles. The number of rotatable bonds is 4. The highest BCUT2D eigenvalue weighted by molar-refractivity contribution is 5.87. The summed E-state index contributed by atoms with van der Waals surface area (Å²) in [7, 11) is 0. The number of nitrogens with one attached hydrogen (secondary N) is 1. The minimum Gasteiger partial charge on any atom is -0.456 e. The largest absolute Gasteiger partial charge is 0.573 e. The maximum atomic E-state index is 12.0. The molecule has 0 saturated carbocycles. The van der Waals surface area contributed by atoms with E-state index in [2.05, 4.69) is 9.72 Å². The van der Waals surface area contributed by atoms with E-state index in [4.69, 9.17) is 4.74 Å². The summed E-state index contributed by atoms with van der Waals surface area (Å²) < 4.78 is 44.6. The smallest absolute Gasteiger partial charge is 0.456 e. The summed E-state index contributed by atoms with van der Waals surface area (Å²) in [6, 6.07) is 8.31. The molecule has 106 valence electrons. The van der Waals surface area contributed by atoms with Crippen LogP contribution in [-0.2, 0) is 11.3 Å². The minimum absolute atomic E-state index is 0.0375. The van der Waals surface area contributed by atoms with Crippen LogP contribution in [0.1, 0.15) is 16.1 Å². The molecule has 1 aromatic carbocycles. The van der Waals surface area contributed by atoms with Gasteiger partial charge in [0.2, 0.25) is 0 Å². The third-order valence-corrected chi connectivity index (χ3v) is 2.34. The van der Waals surface area contributed by atoms with E-state index in [-0.39, 0.29) is 12.4 Å². The molecule has 7 heteroatoms. The number of hydrogen-bond donors (Lipinski definition) is 1. The topological polar surface area (TPSA) is 51.3 Å². The monoisotopic (exact) mass is 285 g/mol. The van der Waals surface area contributed by atoms with Crippen molar-refractivity contribution in [3.63, 3.8) is 0 Å². The van der Waals surface area contributed by atoms with E-state index < -0.39 is 12.3 Å².